The number of benzene rings is 5. The smallest absolute Gasteiger partial charge is 0.309 e. The number of rotatable bonds is 4. The van der Waals surface area contributed by atoms with E-state index in [1.54, 1.807) is 0 Å². The monoisotopic (exact) mass is 583 g/mol. The third-order valence-corrected chi connectivity index (χ3v) is 8.17. The maximum absolute atomic E-state index is 13.1. The van der Waals surface area contributed by atoms with Crippen LogP contribution < -0.4 is 5.73 Å². The number of fused-ring (bicyclic) bond motifs is 6. The van der Waals surface area contributed by atoms with Gasteiger partial charge in [-0.1, -0.05) is 66.7 Å². The summed E-state index contributed by atoms with van der Waals surface area (Å²) in [7, 11) is 0. The summed E-state index contributed by atoms with van der Waals surface area (Å²) in [5.74, 6) is -0.0599. The van der Waals surface area contributed by atoms with Crippen LogP contribution in [0.4, 0.5) is 13.2 Å². The van der Waals surface area contributed by atoms with Crippen LogP contribution in [0.5, 0.6) is 0 Å². The molecule has 0 aliphatic carbocycles. The van der Waals surface area contributed by atoms with Crippen LogP contribution >= 0.6 is 0 Å². The first-order valence-corrected chi connectivity index (χ1v) is 14.2. The summed E-state index contributed by atoms with van der Waals surface area (Å²) in [5, 5.41) is 4.28. The highest BCUT2D eigenvalue weighted by molar-refractivity contribution is 6.17. The highest BCUT2D eigenvalue weighted by Gasteiger charge is 2.36. The molecule has 2 N–H and O–H groups in total. The molecule has 0 saturated carbocycles. The van der Waals surface area contributed by atoms with E-state index in [4.69, 9.17) is 5.73 Å². The standard InChI is InChI=1S/C36H24F3N5/c37-36(38,39)33-18-19-34(41-33)42-35(40)44-30-13-7-5-11-26(30)28-21-23(15-17-32(28)44)22-14-16-31-27(20-22)25-10-4-6-12-29(25)43(31)24-8-2-1-3-9-24/h1-21,35H,40H2/b42-34-. The molecule has 3 heterocycles. The summed E-state index contributed by atoms with van der Waals surface area (Å²) in [4.78, 5) is 7.96. The molecule has 1 unspecified atom stereocenters. The van der Waals surface area contributed by atoms with Crippen molar-refractivity contribution in [2.24, 2.45) is 15.7 Å². The highest BCUT2D eigenvalue weighted by Crippen LogP contribution is 2.38. The topological polar surface area (TPSA) is 60.6 Å². The maximum atomic E-state index is 13.1. The summed E-state index contributed by atoms with van der Waals surface area (Å²) < 4.78 is 43.4. The Hall–Kier alpha value is -5.47. The lowest BCUT2D eigenvalue weighted by Crippen LogP contribution is -2.20. The molecule has 1 aliphatic rings. The largest absolute Gasteiger partial charge is 0.433 e. The zero-order valence-electron chi connectivity index (χ0n) is 23.2. The van der Waals surface area contributed by atoms with Gasteiger partial charge in [0, 0.05) is 27.2 Å². The molecule has 7 aromatic rings. The number of allylic oxidation sites excluding steroid dienone is 1. The van der Waals surface area contributed by atoms with E-state index in [2.05, 4.69) is 75.2 Å². The molecular weight excluding hydrogens is 559 g/mol. The van der Waals surface area contributed by atoms with Gasteiger partial charge in [0.1, 0.15) is 5.71 Å². The molecule has 5 nitrogen and oxygen atoms in total. The Kier molecular flexibility index (Phi) is 5.82. The molecule has 0 radical (unpaired) electrons. The fraction of sp³-hybridized carbons (Fsp3) is 0.0556. The lowest BCUT2D eigenvalue weighted by molar-refractivity contribution is -0.0574. The molecule has 2 aromatic heterocycles. The Labute approximate surface area is 249 Å². The van der Waals surface area contributed by atoms with Gasteiger partial charge < -0.3 is 9.13 Å². The van der Waals surface area contributed by atoms with E-state index in [0.717, 1.165) is 61.1 Å². The minimum absolute atomic E-state index is 0.0599. The average Bonchev–Trinajstić information content (AvgIpc) is 3.73. The summed E-state index contributed by atoms with van der Waals surface area (Å²) in [5.41, 5.74) is 12.7. The molecule has 44 heavy (non-hydrogen) atoms. The van der Waals surface area contributed by atoms with Crippen molar-refractivity contribution in [3.63, 3.8) is 0 Å². The summed E-state index contributed by atoms with van der Waals surface area (Å²) in [6.07, 6.45) is -3.36. The Morgan fingerprint density at radius 3 is 1.84 bits per heavy atom. The number of nitrogens with zero attached hydrogens (tertiary/aromatic N) is 4. The number of hydrogen-bond acceptors (Lipinski definition) is 2. The van der Waals surface area contributed by atoms with Crippen LogP contribution in [0.2, 0.25) is 0 Å². The number of halogens is 3. The van der Waals surface area contributed by atoms with Crippen LogP contribution in [-0.4, -0.2) is 26.9 Å². The van der Waals surface area contributed by atoms with Gasteiger partial charge in [-0.25, -0.2) is 9.98 Å². The van der Waals surface area contributed by atoms with E-state index in [9.17, 15) is 13.2 Å². The number of alkyl halides is 3. The minimum atomic E-state index is -4.54. The van der Waals surface area contributed by atoms with Crippen LogP contribution in [0.25, 0.3) is 60.4 Å². The van der Waals surface area contributed by atoms with Crippen LogP contribution in [-0.2, 0) is 0 Å². The van der Waals surface area contributed by atoms with E-state index < -0.39 is 18.2 Å². The second-order valence-corrected chi connectivity index (χ2v) is 10.8. The molecule has 1 aliphatic heterocycles. The molecule has 0 spiro atoms. The first-order chi connectivity index (χ1) is 21.4. The van der Waals surface area contributed by atoms with E-state index in [-0.39, 0.29) is 5.84 Å². The molecule has 1 atom stereocenters. The van der Waals surface area contributed by atoms with Crippen molar-refractivity contribution in [3.05, 3.63) is 127 Å². The van der Waals surface area contributed by atoms with Crippen molar-refractivity contribution in [1.29, 1.82) is 0 Å². The Balaban J connectivity index is 1.26. The zero-order chi connectivity index (χ0) is 30.0. The molecule has 0 bridgehead atoms. The summed E-state index contributed by atoms with van der Waals surface area (Å²) in [6.45, 7) is 0. The van der Waals surface area contributed by atoms with Crippen molar-refractivity contribution in [1.82, 2.24) is 9.13 Å². The van der Waals surface area contributed by atoms with Crippen LogP contribution in [0.15, 0.2) is 137 Å². The van der Waals surface area contributed by atoms with E-state index >= 15 is 0 Å². The van der Waals surface area contributed by atoms with Crippen LogP contribution in [0.3, 0.4) is 0 Å². The maximum Gasteiger partial charge on any atom is 0.433 e. The predicted octanol–water partition coefficient (Wildman–Crippen LogP) is 8.94. The molecule has 5 aromatic carbocycles. The molecule has 8 heteroatoms. The second-order valence-electron chi connectivity index (χ2n) is 10.8. The van der Waals surface area contributed by atoms with Gasteiger partial charge in [0.15, 0.2) is 12.1 Å². The van der Waals surface area contributed by atoms with Crippen molar-refractivity contribution in [2.75, 3.05) is 0 Å². The van der Waals surface area contributed by atoms with Crippen molar-refractivity contribution >= 4 is 55.2 Å². The number of hydrogen-bond donors (Lipinski definition) is 1. The molecule has 8 rings (SSSR count). The molecular formula is C36H24F3N5. The number of amidine groups is 1. The lowest BCUT2D eigenvalue weighted by Gasteiger charge is -2.13. The Bertz CT molecular complexity index is 2340. The summed E-state index contributed by atoms with van der Waals surface area (Å²) in [6, 6.07) is 39.3. The van der Waals surface area contributed by atoms with Crippen molar-refractivity contribution in [3.8, 4) is 16.8 Å². The van der Waals surface area contributed by atoms with Gasteiger partial charge in [-0.2, -0.15) is 13.2 Å². The third-order valence-electron chi connectivity index (χ3n) is 8.17. The lowest BCUT2D eigenvalue weighted by atomic mass is 10.0. The number of aromatic nitrogens is 2. The molecule has 0 saturated heterocycles. The van der Waals surface area contributed by atoms with Crippen LogP contribution in [0.1, 0.15) is 6.29 Å². The SMILES string of the molecule is NC(/N=C1/C=CC(C(F)(F)F)=N1)n1c2ccccc2c2cc(-c3ccc4c(c3)c3ccccc3n4-c3ccccc3)ccc21. The van der Waals surface area contributed by atoms with Crippen LogP contribution in [0, 0.1) is 0 Å². The number of aliphatic imine (C=N–C) groups is 2. The Morgan fingerprint density at radius 1 is 0.614 bits per heavy atom. The van der Waals surface area contributed by atoms with Crippen molar-refractivity contribution in [2.45, 2.75) is 12.5 Å². The van der Waals surface area contributed by atoms with Gasteiger partial charge in [0.05, 0.1) is 22.1 Å². The average molecular weight is 584 g/mol. The van der Waals surface area contributed by atoms with E-state index in [1.807, 2.05) is 59.2 Å². The first kappa shape index (κ1) is 26.2. The molecule has 214 valence electrons. The van der Waals surface area contributed by atoms with Crippen molar-refractivity contribution < 1.29 is 13.2 Å². The number of nitrogens with two attached hydrogens (primary N) is 1. The Morgan fingerprint density at radius 2 is 1.16 bits per heavy atom. The minimum Gasteiger partial charge on any atom is -0.309 e. The fourth-order valence-electron chi connectivity index (χ4n) is 6.25. The fourth-order valence-corrected chi connectivity index (χ4v) is 6.25. The van der Waals surface area contributed by atoms with Gasteiger partial charge in [0.2, 0.25) is 0 Å². The molecule has 0 fully saturated rings. The number of para-hydroxylation sites is 3. The first-order valence-electron chi connectivity index (χ1n) is 14.2. The summed E-state index contributed by atoms with van der Waals surface area (Å²) >= 11 is 0. The normalized spacial score (nSPS) is 15.3. The van der Waals surface area contributed by atoms with E-state index in [1.165, 1.54) is 11.5 Å². The quantitative estimate of drug-likeness (QED) is 0.221. The second kappa shape index (κ2) is 9.79. The zero-order valence-corrected chi connectivity index (χ0v) is 23.2. The predicted molar refractivity (Wildman–Crippen MR) is 173 cm³/mol. The van der Waals surface area contributed by atoms with Gasteiger partial charge >= 0.3 is 6.18 Å². The van der Waals surface area contributed by atoms with E-state index in [0.29, 0.717) is 0 Å². The molecule has 0 amide bonds. The third kappa shape index (κ3) is 4.14. The van der Waals surface area contributed by atoms with Gasteiger partial charge in [-0.3, -0.25) is 5.73 Å². The highest BCUT2D eigenvalue weighted by atomic mass is 19.4. The van der Waals surface area contributed by atoms with Gasteiger partial charge in [-0.15, -0.1) is 0 Å². The van der Waals surface area contributed by atoms with Gasteiger partial charge in [0.25, 0.3) is 0 Å². The van der Waals surface area contributed by atoms with Gasteiger partial charge in [-0.05, 0) is 71.8 Å².